The van der Waals surface area contributed by atoms with Crippen molar-refractivity contribution in [2.24, 2.45) is 5.92 Å². The SMILES string of the molecule is Cc1nc(Br)cc(NCC2CCN(CC(F)(F)F)C2)n1. The summed E-state index contributed by atoms with van der Waals surface area (Å²) in [5, 5.41) is 3.16. The van der Waals surface area contributed by atoms with Gasteiger partial charge < -0.3 is 5.32 Å². The van der Waals surface area contributed by atoms with E-state index in [2.05, 4.69) is 31.2 Å². The highest BCUT2D eigenvalue weighted by Crippen LogP contribution is 2.23. The number of rotatable bonds is 4. The van der Waals surface area contributed by atoms with E-state index in [9.17, 15) is 13.2 Å². The topological polar surface area (TPSA) is 41.1 Å². The van der Waals surface area contributed by atoms with Gasteiger partial charge in [0.25, 0.3) is 0 Å². The maximum Gasteiger partial charge on any atom is 0.401 e. The molecule has 0 radical (unpaired) electrons. The monoisotopic (exact) mass is 352 g/mol. The highest BCUT2D eigenvalue weighted by Gasteiger charge is 2.34. The van der Waals surface area contributed by atoms with Crippen molar-refractivity contribution in [3.8, 4) is 0 Å². The average molecular weight is 353 g/mol. The van der Waals surface area contributed by atoms with E-state index in [0.29, 0.717) is 35.9 Å². The van der Waals surface area contributed by atoms with Gasteiger partial charge >= 0.3 is 6.18 Å². The maximum atomic E-state index is 12.3. The first kappa shape index (κ1) is 15.5. The van der Waals surface area contributed by atoms with Crippen LogP contribution in [-0.4, -0.2) is 47.2 Å². The molecule has 8 heteroatoms. The smallest absolute Gasteiger partial charge is 0.370 e. The first-order valence-electron chi connectivity index (χ1n) is 6.36. The van der Waals surface area contributed by atoms with Gasteiger partial charge in [-0.3, -0.25) is 4.90 Å². The number of likely N-dealkylation sites (tertiary alicyclic amines) is 1. The number of halogens is 4. The minimum Gasteiger partial charge on any atom is -0.370 e. The Balaban J connectivity index is 1.81. The zero-order valence-electron chi connectivity index (χ0n) is 11.0. The Morgan fingerprint density at radius 2 is 2.20 bits per heavy atom. The van der Waals surface area contributed by atoms with Crippen LogP contribution in [0.15, 0.2) is 10.7 Å². The fourth-order valence-electron chi connectivity index (χ4n) is 2.35. The molecule has 1 fully saturated rings. The van der Waals surface area contributed by atoms with Gasteiger partial charge in [-0.15, -0.1) is 0 Å². The number of nitrogens with zero attached hydrogens (tertiary/aromatic N) is 3. The van der Waals surface area contributed by atoms with Crippen LogP contribution < -0.4 is 5.32 Å². The van der Waals surface area contributed by atoms with Crippen molar-refractivity contribution in [3.05, 3.63) is 16.5 Å². The molecule has 112 valence electrons. The molecule has 0 aliphatic carbocycles. The third-order valence-corrected chi connectivity index (χ3v) is 3.56. The van der Waals surface area contributed by atoms with Crippen molar-refractivity contribution in [1.82, 2.24) is 14.9 Å². The van der Waals surface area contributed by atoms with Crippen molar-refractivity contribution < 1.29 is 13.2 Å². The van der Waals surface area contributed by atoms with Crippen LogP contribution in [0.4, 0.5) is 19.0 Å². The number of aryl methyl sites for hydroxylation is 1. The maximum absolute atomic E-state index is 12.3. The first-order chi connectivity index (χ1) is 9.32. The number of hydrogen-bond donors (Lipinski definition) is 1. The van der Waals surface area contributed by atoms with Crippen LogP contribution in [0.25, 0.3) is 0 Å². The molecule has 1 aromatic rings. The Morgan fingerprint density at radius 3 is 2.85 bits per heavy atom. The number of hydrogen-bond acceptors (Lipinski definition) is 4. The van der Waals surface area contributed by atoms with E-state index in [1.807, 2.05) is 0 Å². The Labute approximate surface area is 123 Å². The number of alkyl halides is 3. The highest BCUT2D eigenvalue weighted by atomic mass is 79.9. The predicted molar refractivity (Wildman–Crippen MR) is 73.6 cm³/mol. The third kappa shape index (κ3) is 4.90. The third-order valence-electron chi connectivity index (χ3n) is 3.15. The molecule has 0 saturated carbocycles. The molecule has 1 atom stereocenters. The molecule has 0 bridgehead atoms. The van der Waals surface area contributed by atoms with Gasteiger partial charge in [0.1, 0.15) is 16.2 Å². The molecule has 4 nitrogen and oxygen atoms in total. The van der Waals surface area contributed by atoms with Crippen LogP contribution in [0, 0.1) is 12.8 Å². The molecule has 0 amide bonds. The Bertz CT molecular complexity index is 446. The number of aromatic nitrogens is 2. The largest absolute Gasteiger partial charge is 0.401 e. The normalized spacial score (nSPS) is 20.4. The average Bonchev–Trinajstić information content (AvgIpc) is 2.70. The molecule has 0 spiro atoms. The Hall–Kier alpha value is -0.890. The Kier molecular flexibility index (Phi) is 4.85. The summed E-state index contributed by atoms with van der Waals surface area (Å²) in [5.41, 5.74) is 0. The van der Waals surface area contributed by atoms with Crippen LogP contribution >= 0.6 is 15.9 Å². The zero-order valence-corrected chi connectivity index (χ0v) is 12.6. The summed E-state index contributed by atoms with van der Waals surface area (Å²) >= 11 is 3.28. The van der Waals surface area contributed by atoms with Gasteiger partial charge in [0.2, 0.25) is 0 Å². The van der Waals surface area contributed by atoms with Crippen LogP contribution in [0.3, 0.4) is 0 Å². The van der Waals surface area contributed by atoms with Crippen LogP contribution in [0.5, 0.6) is 0 Å². The summed E-state index contributed by atoms with van der Waals surface area (Å²) < 4.78 is 37.6. The molecule has 1 unspecified atom stereocenters. The second-order valence-corrected chi connectivity index (χ2v) is 5.82. The molecule has 0 aromatic carbocycles. The van der Waals surface area contributed by atoms with E-state index in [1.54, 1.807) is 13.0 Å². The molecular weight excluding hydrogens is 337 g/mol. The lowest BCUT2D eigenvalue weighted by Gasteiger charge is -2.18. The van der Waals surface area contributed by atoms with E-state index < -0.39 is 12.7 Å². The fourth-order valence-corrected chi connectivity index (χ4v) is 2.82. The van der Waals surface area contributed by atoms with E-state index in [4.69, 9.17) is 0 Å². The van der Waals surface area contributed by atoms with Crippen molar-refractivity contribution in [2.75, 3.05) is 31.5 Å². The minimum atomic E-state index is -4.11. The lowest BCUT2D eigenvalue weighted by Crippen LogP contribution is -2.33. The van der Waals surface area contributed by atoms with Crippen molar-refractivity contribution in [1.29, 1.82) is 0 Å². The number of anilines is 1. The molecule has 1 aromatic heterocycles. The van der Waals surface area contributed by atoms with Crippen molar-refractivity contribution in [3.63, 3.8) is 0 Å². The summed E-state index contributed by atoms with van der Waals surface area (Å²) in [6.45, 7) is 2.56. The molecule has 2 rings (SSSR count). The van der Waals surface area contributed by atoms with Crippen LogP contribution in [0.2, 0.25) is 0 Å². The lowest BCUT2D eigenvalue weighted by molar-refractivity contribution is -0.143. The number of nitrogens with one attached hydrogen (secondary N) is 1. The highest BCUT2D eigenvalue weighted by molar-refractivity contribution is 9.10. The van der Waals surface area contributed by atoms with Crippen molar-refractivity contribution in [2.45, 2.75) is 19.5 Å². The van der Waals surface area contributed by atoms with Gasteiger partial charge in [0.05, 0.1) is 6.54 Å². The quantitative estimate of drug-likeness (QED) is 0.846. The molecule has 2 heterocycles. The van der Waals surface area contributed by atoms with E-state index in [1.165, 1.54) is 4.90 Å². The van der Waals surface area contributed by atoms with Crippen LogP contribution in [-0.2, 0) is 0 Å². The second kappa shape index (κ2) is 6.26. The summed E-state index contributed by atoms with van der Waals surface area (Å²) in [6, 6.07) is 1.76. The molecule has 1 aliphatic heterocycles. The van der Waals surface area contributed by atoms with Crippen LogP contribution in [0.1, 0.15) is 12.2 Å². The van der Waals surface area contributed by atoms with Gasteiger partial charge in [-0.2, -0.15) is 13.2 Å². The fraction of sp³-hybridized carbons (Fsp3) is 0.667. The molecule has 1 saturated heterocycles. The molecule has 20 heavy (non-hydrogen) atoms. The summed E-state index contributed by atoms with van der Waals surface area (Å²) in [7, 11) is 0. The van der Waals surface area contributed by atoms with Gasteiger partial charge in [-0.25, -0.2) is 9.97 Å². The van der Waals surface area contributed by atoms with Gasteiger partial charge in [0.15, 0.2) is 0 Å². The second-order valence-electron chi connectivity index (χ2n) is 5.01. The minimum absolute atomic E-state index is 0.214. The molecule has 1 aliphatic rings. The molecular formula is C12H16BrF3N4. The zero-order chi connectivity index (χ0) is 14.8. The predicted octanol–water partition coefficient (Wildman–Crippen LogP) is 2.84. The first-order valence-corrected chi connectivity index (χ1v) is 7.15. The van der Waals surface area contributed by atoms with E-state index in [0.717, 1.165) is 6.42 Å². The molecule has 1 N–H and O–H groups in total. The van der Waals surface area contributed by atoms with Gasteiger partial charge in [-0.05, 0) is 41.7 Å². The van der Waals surface area contributed by atoms with Crippen molar-refractivity contribution >= 4 is 21.7 Å². The van der Waals surface area contributed by atoms with Gasteiger partial charge in [0, 0.05) is 19.2 Å². The lowest BCUT2D eigenvalue weighted by atomic mass is 10.1. The summed E-state index contributed by atoms with van der Waals surface area (Å²) in [6.07, 6.45) is -3.34. The van der Waals surface area contributed by atoms with E-state index in [-0.39, 0.29) is 5.92 Å². The Morgan fingerprint density at radius 1 is 1.45 bits per heavy atom. The standard InChI is InChI=1S/C12H16BrF3N4/c1-8-18-10(13)4-11(19-8)17-5-9-2-3-20(6-9)7-12(14,15)16/h4,9H,2-3,5-7H2,1H3,(H,17,18,19). The summed E-state index contributed by atoms with van der Waals surface area (Å²) in [4.78, 5) is 9.78. The van der Waals surface area contributed by atoms with Gasteiger partial charge in [-0.1, -0.05) is 0 Å². The summed E-state index contributed by atoms with van der Waals surface area (Å²) in [5.74, 6) is 1.55. The van der Waals surface area contributed by atoms with E-state index >= 15 is 0 Å².